The third kappa shape index (κ3) is 5.12. The second-order valence-corrected chi connectivity index (χ2v) is 8.19. The Balaban J connectivity index is 1.43. The predicted octanol–water partition coefficient (Wildman–Crippen LogP) is 2.81. The summed E-state index contributed by atoms with van der Waals surface area (Å²) in [6, 6.07) is 6.67. The van der Waals surface area contributed by atoms with Gasteiger partial charge in [0.25, 0.3) is 0 Å². The topological polar surface area (TPSA) is 77.9 Å². The van der Waals surface area contributed by atoms with Crippen LogP contribution >= 0.6 is 0 Å². The molecule has 2 fully saturated rings. The number of carbonyl (C=O) groups excluding carboxylic acids is 2. The number of nitrogens with zero attached hydrogens (tertiary/aromatic N) is 2. The Bertz CT molecular complexity index is 708. The first-order valence-electron chi connectivity index (χ1n) is 10.3. The van der Waals surface area contributed by atoms with E-state index in [9.17, 15) is 14.4 Å². The maximum absolute atomic E-state index is 12.7. The quantitative estimate of drug-likeness (QED) is 0.844. The normalized spacial score (nSPS) is 20.8. The zero-order chi connectivity index (χ0) is 20.1. The highest BCUT2D eigenvalue weighted by Gasteiger charge is 2.31. The van der Waals surface area contributed by atoms with Crippen LogP contribution in [0.25, 0.3) is 0 Å². The summed E-state index contributed by atoms with van der Waals surface area (Å²) in [5.41, 5.74) is 1.22. The Morgan fingerprint density at radius 2 is 1.68 bits per heavy atom. The van der Waals surface area contributed by atoms with Crippen molar-refractivity contribution in [2.24, 2.45) is 11.8 Å². The minimum atomic E-state index is -0.945. The van der Waals surface area contributed by atoms with Crippen LogP contribution < -0.4 is 0 Å². The average Bonchev–Trinajstić information content (AvgIpc) is 2.72. The average molecular weight is 386 g/mol. The molecule has 1 aromatic rings. The minimum Gasteiger partial charge on any atom is -0.478 e. The summed E-state index contributed by atoms with van der Waals surface area (Å²) in [6.45, 7) is 5.25. The van der Waals surface area contributed by atoms with Gasteiger partial charge in [0.15, 0.2) is 0 Å². The number of hydrogen-bond acceptors (Lipinski definition) is 3. The monoisotopic (exact) mass is 386 g/mol. The Morgan fingerprint density at radius 1 is 1.00 bits per heavy atom. The summed E-state index contributed by atoms with van der Waals surface area (Å²) in [7, 11) is 0. The van der Waals surface area contributed by atoms with E-state index in [1.54, 1.807) is 24.3 Å². The van der Waals surface area contributed by atoms with E-state index in [0.29, 0.717) is 31.8 Å². The number of piperidine rings is 2. The molecule has 1 atom stereocenters. The van der Waals surface area contributed by atoms with E-state index < -0.39 is 5.97 Å². The van der Waals surface area contributed by atoms with E-state index in [1.165, 1.54) is 6.42 Å². The van der Waals surface area contributed by atoms with Crippen LogP contribution in [0, 0.1) is 11.8 Å². The fourth-order valence-electron chi connectivity index (χ4n) is 4.25. The first-order chi connectivity index (χ1) is 13.4. The van der Waals surface area contributed by atoms with E-state index in [4.69, 9.17) is 5.11 Å². The van der Waals surface area contributed by atoms with Gasteiger partial charge in [0.2, 0.25) is 11.8 Å². The number of aromatic carboxylic acids is 1. The second-order valence-electron chi connectivity index (χ2n) is 8.19. The Kier molecular flexibility index (Phi) is 6.70. The highest BCUT2D eigenvalue weighted by atomic mass is 16.4. The Labute approximate surface area is 166 Å². The lowest BCUT2D eigenvalue weighted by atomic mass is 9.92. The molecule has 0 radical (unpaired) electrons. The van der Waals surface area contributed by atoms with Gasteiger partial charge in [-0.3, -0.25) is 9.59 Å². The number of likely N-dealkylation sites (tertiary alicyclic amines) is 2. The largest absolute Gasteiger partial charge is 0.478 e. The Hall–Kier alpha value is -2.37. The smallest absolute Gasteiger partial charge is 0.335 e. The summed E-state index contributed by atoms with van der Waals surface area (Å²) in [6.07, 6.45) is 4.82. The lowest BCUT2D eigenvalue weighted by Gasteiger charge is -2.37. The number of hydrogen-bond donors (Lipinski definition) is 1. The van der Waals surface area contributed by atoms with Crippen LogP contribution in [0.3, 0.4) is 0 Å². The maximum Gasteiger partial charge on any atom is 0.335 e. The molecule has 0 aromatic heterocycles. The maximum atomic E-state index is 12.7. The van der Waals surface area contributed by atoms with E-state index in [1.807, 2.05) is 9.80 Å². The molecule has 0 saturated carbocycles. The molecule has 2 saturated heterocycles. The number of carboxylic acid groups (broad SMARTS) is 1. The molecule has 2 heterocycles. The minimum absolute atomic E-state index is 0.0536. The molecule has 0 bridgehead atoms. The standard InChI is InChI=1S/C22H30N2O4/c1-16-3-2-12-24(15-16)21(26)18-10-13-23(14-11-18)20(25)9-6-17-4-7-19(8-5-17)22(27)28/h4-5,7-8,16,18H,2-3,6,9-15H2,1H3,(H,27,28). The first kappa shape index (κ1) is 20.4. The zero-order valence-corrected chi connectivity index (χ0v) is 16.6. The van der Waals surface area contributed by atoms with Crippen molar-refractivity contribution in [2.75, 3.05) is 26.2 Å². The van der Waals surface area contributed by atoms with Gasteiger partial charge in [-0.1, -0.05) is 19.1 Å². The molecule has 1 aromatic carbocycles. The highest BCUT2D eigenvalue weighted by molar-refractivity contribution is 5.87. The summed E-state index contributed by atoms with van der Waals surface area (Å²) in [5, 5.41) is 8.93. The van der Waals surface area contributed by atoms with Gasteiger partial charge >= 0.3 is 5.97 Å². The van der Waals surface area contributed by atoms with Crippen LogP contribution in [0.1, 0.15) is 54.9 Å². The van der Waals surface area contributed by atoms with Crippen molar-refractivity contribution in [3.63, 3.8) is 0 Å². The van der Waals surface area contributed by atoms with Crippen molar-refractivity contribution < 1.29 is 19.5 Å². The van der Waals surface area contributed by atoms with Crippen molar-refractivity contribution in [3.8, 4) is 0 Å². The van der Waals surface area contributed by atoms with Gasteiger partial charge in [0.1, 0.15) is 0 Å². The molecule has 1 unspecified atom stereocenters. The van der Waals surface area contributed by atoms with Crippen LogP contribution in [-0.4, -0.2) is 58.9 Å². The first-order valence-corrected chi connectivity index (χ1v) is 10.3. The Morgan fingerprint density at radius 3 is 2.29 bits per heavy atom. The molecular weight excluding hydrogens is 356 g/mol. The predicted molar refractivity (Wildman–Crippen MR) is 106 cm³/mol. The van der Waals surface area contributed by atoms with Crippen molar-refractivity contribution in [1.82, 2.24) is 9.80 Å². The molecular formula is C22H30N2O4. The van der Waals surface area contributed by atoms with E-state index in [-0.39, 0.29) is 23.3 Å². The lowest BCUT2D eigenvalue weighted by Crippen LogP contribution is -2.47. The number of carboxylic acids is 1. The lowest BCUT2D eigenvalue weighted by molar-refractivity contribution is -0.142. The van der Waals surface area contributed by atoms with Crippen LogP contribution in [0.4, 0.5) is 0 Å². The summed E-state index contributed by atoms with van der Waals surface area (Å²) in [4.78, 5) is 40.0. The van der Waals surface area contributed by atoms with Gasteiger partial charge < -0.3 is 14.9 Å². The van der Waals surface area contributed by atoms with E-state index in [0.717, 1.165) is 37.9 Å². The molecule has 1 N–H and O–H groups in total. The molecule has 2 amide bonds. The SMILES string of the molecule is CC1CCCN(C(=O)C2CCN(C(=O)CCc3ccc(C(=O)O)cc3)CC2)C1. The molecule has 28 heavy (non-hydrogen) atoms. The summed E-state index contributed by atoms with van der Waals surface area (Å²) < 4.78 is 0. The summed E-state index contributed by atoms with van der Waals surface area (Å²) in [5.74, 6) is 0.0814. The molecule has 2 aliphatic heterocycles. The van der Waals surface area contributed by atoms with Gasteiger partial charge in [-0.2, -0.15) is 0 Å². The molecule has 3 rings (SSSR count). The number of carbonyl (C=O) groups is 3. The fraction of sp³-hybridized carbons (Fsp3) is 0.591. The number of benzene rings is 1. The van der Waals surface area contributed by atoms with Gasteiger partial charge in [0, 0.05) is 38.5 Å². The molecule has 6 nitrogen and oxygen atoms in total. The number of amides is 2. The van der Waals surface area contributed by atoms with Gasteiger partial charge in [0.05, 0.1) is 5.56 Å². The van der Waals surface area contributed by atoms with Crippen LogP contribution in [0.5, 0.6) is 0 Å². The third-order valence-corrected chi connectivity index (χ3v) is 5.99. The van der Waals surface area contributed by atoms with Crippen molar-refractivity contribution in [3.05, 3.63) is 35.4 Å². The molecule has 0 spiro atoms. The van der Waals surface area contributed by atoms with E-state index in [2.05, 4.69) is 6.92 Å². The van der Waals surface area contributed by atoms with Crippen LogP contribution in [-0.2, 0) is 16.0 Å². The van der Waals surface area contributed by atoms with E-state index >= 15 is 0 Å². The van der Waals surface area contributed by atoms with Gasteiger partial charge in [-0.25, -0.2) is 4.79 Å². The van der Waals surface area contributed by atoms with Crippen molar-refractivity contribution in [1.29, 1.82) is 0 Å². The van der Waals surface area contributed by atoms with Crippen LogP contribution in [0.2, 0.25) is 0 Å². The summed E-state index contributed by atoms with van der Waals surface area (Å²) >= 11 is 0. The molecule has 0 aliphatic carbocycles. The second kappa shape index (κ2) is 9.22. The number of aryl methyl sites for hydroxylation is 1. The fourth-order valence-corrected chi connectivity index (χ4v) is 4.25. The van der Waals surface area contributed by atoms with Gasteiger partial charge in [-0.15, -0.1) is 0 Å². The zero-order valence-electron chi connectivity index (χ0n) is 16.6. The van der Waals surface area contributed by atoms with Crippen LogP contribution in [0.15, 0.2) is 24.3 Å². The third-order valence-electron chi connectivity index (χ3n) is 5.99. The van der Waals surface area contributed by atoms with Crippen molar-refractivity contribution >= 4 is 17.8 Å². The molecule has 2 aliphatic rings. The van der Waals surface area contributed by atoms with Crippen molar-refractivity contribution in [2.45, 2.75) is 45.4 Å². The molecule has 152 valence electrons. The number of rotatable bonds is 5. The van der Waals surface area contributed by atoms with Gasteiger partial charge in [-0.05, 0) is 55.7 Å². The molecule has 6 heteroatoms. The highest BCUT2D eigenvalue weighted by Crippen LogP contribution is 2.24.